The molecule has 0 aliphatic carbocycles. The Labute approximate surface area is 165 Å². The van der Waals surface area contributed by atoms with Crippen LogP contribution in [-0.2, 0) is 11.2 Å². The highest BCUT2D eigenvalue weighted by Gasteiger charge is 2.09. The van der Waals surface area contributed by atoms with E-state index in [1.54, 1.807) is 6.20 Å². The number of carbonyl (C=O) groups excluding carboxylic acids is 1. The molecule has 1 heterocycles. The second-order valence-corrected chi connectivity index (χ2v) is 8.07. The van der Waals surface area contributed by atoms with E-state index in [0.29, 0.717) is 5.13 Å². The summed E-state index contributed by atoms with van der Waals surface area (Å²) in [6, 6.07) is 14.1. The van der Waals surface area contributed by atoms with Crippen molar-refractivity contribution in [2.45, 2.75) is 20.3 Å². The molecule has 134 valence electrons. The van der Waals surface area contributed by atoms with E-state index in [9.17, 15) is 4.79 Å². The summed E-state index contributed by atoms with van der Waals surface area (Å²) in [5.41, 5.74) is 3.31. The number of anilines is 1. The first-order valence-corrected chi connectivity index (χ1v) is 9.79. The number of carbonyl (C=O) groups is 1. The molecule has 0 aliphatic heterocycles. The molecule has 0 spiro atoms. The lowest BCUT2D eigenvalue weighted by Crippen LogP contribution is -2.20. The number of aromatic nitrogens is 1. The van der Waals surface area contributed by atoms with Crippen molar-refractivity contribution in [2.75, 3.05) is 11.9 Å². The maximum atomic E-state index is 12.1. The summed E-state index contributed by atoms with van der Waals surface area (Å²) in [6.45, 7) is 3.92. The molecular formula is C20H19BrN2O2S. The lowest BCUT2D eigenvalue weighted by atomic mass is 10.1. The van der Waals surface area contributed by atoms with Gasteiger partial charge >= 0.3 is 0 Å². The number of halogens is 1. The van der Waals surface area contributed by atoms with E-state index >= 15 is 0 Å². The smallest absolute Gasteiger partial charge is 0.264 e. The van der Waals surface area contributed by atoms with Gasteiger partial charge in [0.15, 0.2) is 11.7 Å². The van der Waals surface area contributed by atoms with Gasteiger partial charge in [-0.3, -0.25) is 10.1 Å². The lowest BCUT2D eigenvalue weighted by Gasteiger charge is -2.09. The van der Waals surface area contributed by atoms with Crippen molar-refractivity contribution < 1.29 is 9.53 Å². The molecule has 1 N–H and O–H groups in total. The number of hydrogen-bond donors (Lipinski definition) is 1. The minimum absolute atomic E-state index is 0.0358. The van der Waals surface area contributed by atoms with Crippen LogP contribution in [0.2, 0.25) is 0 Å². The maximum absolute atomic E-state index is 12.1. The average Bonchev–Trinajstić information content (AvgIpc) is 3.04. The number of nitrogens with one attached hydrogen (secondary N) is 1. The average molecular weight is 431 g/mol. The summed E-state index contributed by atoms with van der Waals surface area (Å²) in [4.78, 5) is 17.5. The Morgan fingerprint density at radius 3 is 2.73 bits per heavy atom. The van der Waals surface area contributed by atoms with Gasteiger partial charge in [0.05, 0.1) is 0 Å². The topological polar surface area (TPSA) is 51.2 Å². The molecule has 3 aromatic rings. The van der Waals surface area contributed by atoms with E-state index in [1.807, 2.05) is 44.2 Å². The van der Waals surface area contributed by atoms with Gasteiger partial charge in [0.25, 0.3) is 5.91 Å². The van der Waals surface area contributed by atoms with Crippen molar-refractivity contribution in [1.29, 1.82) is 0 Å². The van der Waals surface area contributed by atoms with Gasteiger partial charge in [-0.1, -0.05) is 40.2 Å². The number of aryl methyl sites for hydroxylation is 2. The van der Waals surface area contributed by atoms with Crippen LogP contribution in [0.1, 0.15) is 21.6 Å². The van der Waals surface area contributed by atoms with Crippen LogP contribution < -0.4 is 10.1 Å². The van der Waals surface area contributed by atoms with E-state index < -0.39 is 0 Å². The highest BCUT2D eigenvalue weighted by molar-refractivity contribution is 9.10. The minimum atomic E-state index is -0.213. The Balaban J connectivity index is 1.54. The fraction of sp³-hybridized carbons (Fsp3) is 0.200. The molecule has 0 unspecified atom stereocenters. The van der Waals surface area contributed by atoms with Gasteiger partial charge in [-0.25, -0.2) is 4.98 Å². The summed E-state index contributed by atoms with van der Waals surface area (Å²) in [5.74, 6) is 0.519. The van der Waals surface area contributed by atoms with Crippen LogP contribution in [0.4, 0.5) is 5.13 Å². The SMILES string of the molecule is Cc1ccc(C)c(OCC(=O)Nc2ncc(Cc3ccc(Br)cc3)s2)c1. The molecule has 0 atom stereocenters. The van der Waals surface area contributed by atoms with Crippen molar-refractivity contribution >= 4 is 38.3 Å². The van der Waals surface area contributed by atoms with E-state index in [1.165, 1.54) is 16.9 Å². The molecule has 26 heavy (non-hydrogen) atoms. The highest BCUT2D eigenvalue weighted by atomic mass is 79.9. The number of benzene rings is 2. The van der Waals surface area contributed by atoms with Gasteiger partial charge in [-0.2, -0.15) is 0 Å². The monoisotopic (exact) mass is 430 g/mol. The molecule has 3 rings (SSSR count). The number of thiazole rings is 1. The van der Waals surface area contributed by atoms with Crippen LogP contribution in [0.3, 0.4) is 0 Å². The maximum Gasteiger partial charge on any atom is 0.264 e. The van der Waals surface area contributed by atoms with Gasteiger partial charge in [-0.15, -0.1) is 11.3 Å². The zero-order valence-electron chi connectivity index (χ0n) is 14.6. The molecule has 1 amide bonds. The zero-order valence-corrected chi connectivity index (χ0v) is 17.0. The molecule has 0 saturated heterocycles. The molecule has 0 fully saturated rings. The van der Waals surface area contributed by atoms with Gasteiger partial charge in [0.2, 0.25) is 0 Å². The van der Waals surface area contributed by atoms with E-state index in [0.717, 1.165) is 32.6 Å². The highest BCUT2D eigenvalue weighted by Crippen LogP contribution is 2.22. The summed E-state index contributed by atoms with van der Waals surface area (Å²) in [5, 5.41) is 3.39. The summed E-state index contributed by atoms with van der Waals surface area (Å²) < 4.78 is 6.68. The third-order valence-corrected chi connectivity index (χ3v) is 5.24. The Morgan fingerprint density at radius 2 is 1.96 bits per heavy atom. The molecule has 0 bridgehead atoms. The first kappa shape index (κ1) is 18.6. The van der Waals surface area contributed by atoms with Crippen molar-refractivity contribution in [3.05, 3.63) is 74.7 Å². The Hall–Kier alpha value is -2.18. The second kappa shape index (κ2) is 8.47. The van der Waals surface area contributed by atoms with Gasteiger partial charge in [0.1, 0.15) is 5.75 Å². The number of hydrogen-bond acceptors (Lipinski definition) is 4. The molecular weight excluding hydrogens is 412 g/mol. The lowest BCUT2D eigenvalue weighted by molar-refractivity contribution is -0.118. The van der Waals surface area contributed by atoms with Crippen LogP contribution in [0.25, 0.3) is 0 Å². The fourth-order valence-electron chi connectivity index (χ4n) is 2.41. The largest absolute Gasteiger partial charge is 0.483 e. The van der Waals surface area contributed by atoms with E-state index in [4.69, 9.17) is 4.74 Å². The van der Waals surface area contributed by atoms with Crippen LogP contribution in [-0.4, -0.2) is 17.5 Å². The van der Waals surface area contributed by atoms with Crippen LogP contribution >= 0.6 is 27.3 Å². The third-order valence-electron chi connectivity index (χ3n) is 3.79. The molecule has 4 nitrogen and oxygen atoms in total. The van der Waals surface area contributed by atoms with Crippen molar-refractivity contribution in [3.8, 4) is 5.75 Å². The molecule has 1 aromatic heterocycles. The van der Waals surface area contributed by atoms with Gasteiger partial charge < -0.3 is 4.74 Å². The Bertz CT molecular complexity index is 906. The van der Waals surface area contributed by atoms with Gasteiger partial charge in [0, 0.05) is 22.0 Å². The molecule has 0 aliphatic rings. The molecule has 2 aromatic carbocycles. The molecule has 6 heteroatoms. The van der Waals surface area contributed by atoms with Crippen LogP contribution in [0, 0.1) is 13.8 Å². The van der Waals surface area contributed by atoms with Crippen LogP contribution in [0.5, 0.6) is 5.75 Å². The van der Waals surface area contributed by atoms with Crippen LogP contribution in [0.15, 0.2) is 53.1 Å². The second-order valence-electron chi connectivity index (χ2n) is 6.04. The number of rotatable bonds is 6. The van der Waals surface area contributed by atoms with E-state index in [2.05, 4.69) is 38.4 Å². The zero-order chi connectivity index (χ0) is 18.5. The first-order chi connectivity index (χ1) is 12.5. The van der Waals surface area contributed by atoms with Gasteiger partial charge in [-0.05, 0) is 48.7 Å². The van der Waals surface area contributed by atoms with Crippen molar-refractivity contribution in [3.63, 3.8) is 0 Å². The molecule has 0 saturated carbocycles. The Kier molecular flexibility index (Phi) is 6.06. The minimum Gasteiger partial charge on any atom is -0.483 e. The van der Waals surface area contributed by atoms with E-state index in [-0.39, 0.29) is 12.5 Å². The summed E-state index contributed by atoms with van der Waals surface area (Å²) in [7, 11) is 0. The number of amides is 1. The number of nitrogens with zero attached hydrogens (tertiary/aromatic N) is 1. The first-order valence-electron chi connectivity index (χ1n) is 8.18. The quantitative estimate of drug-likeness (QED) is 0.589. The standard InChI is InChI=1S/C20H19BrN2O2S/c1-13-3-4-14(2)18(9-13)25-12-19(24)23-20-22-11-17(26-20)10-15-5-7-16(21)8-6-15/h3-9,11H,10,12H2,1-2H3,(H,22,23,24). The fourth-order valence-corrected chi connectivity index (χ4v) is 3.54. The number of ether oxygens (including phenoxy) is 1. The van der Waals surface area contributed by atoms with Crippen molar-refractivity contribution in [2.24, 2.45) is 0 Å². The third kappa shape index (κ3) is 5.16. The Morgan fingerprint density at radius 1 is 1.19 bits per heavy atom. The summed E-state index contributed by atoms with van der Waals surface area (Å²) >= 11 is 4.91. The normalized spacial score (nSPS) is 10.6. The predicted molar refractivity (Wildman–Crippen MR) is 109 cm³/mol. The van der Waals surface area contributed by atoms with Crippen molar-refractivity contribution in [1.82, 2.24) is 4.98 Å². The molecule has 0 radical (unpaired) electrons. The summed E-state index contributed by atoms with van der Waals surface area (Å²) in [6.07, 6.45) is 2.59. The predicted octanol–water partition coefficient (Wildman–Crippen LogP) is 5.13.